The minimum Gasteiger partial charge on any atom is -0.323 e. The summed E-state index contributed by atoms with van der Waals surface area (Å²) in [6, 6.07) is 15.1. The van der Waals surface area contributed by atoms with Crippen LogP contribution in [0.15, 0.2) is 53.4 Å². The highest BCUT2D eigenvalue weighted by molar-refractivity contribution is 7.85. The summed E-state index contributed by atoms with van der Waals surface area (Å²) in [4.78, 5) is 0.789. The molecule has 0 saturated carbocycles. The van der Waals surface area contributed by atoms with Crippen LogP contribution in [0.3, 0.4) is 0 Å². The summed E-state index contributed by atoms with van der Waals surface area (Å²) in [5.74, 6) is 0. The fourth-order valence-corrected chi connectivity index (χ4v) is 4.17. The third-order valence-corrected chi connectivity index (χ3v) is 5.56. The van der Waals surface area contributed by atoms with E-state index in [-0.39, 0.29) is 11.3 Å². The molecule has 2 nitrogen and oxygen atoms in total. The van der Waals surface area contributed by atoms with Crippen LogP contribution in [-0.4, -0.2) is 9.46 Å². The van der Waals surface area contributed by atoms with Crippen molar-refractivity contribution in [1.82, 2.24) is 0 Å². The molecule has 1 aliphatic carbocycles. The molecular formula is C15H14ClNOS. The first-order valence-electron chi connectivity index (χ1n) is 6.16. The predicted molar refractivity (Wildman–Crippen MR) is 78.7 cm³/mol. The van der Waals surface area contributed by atoms with Crippen LogP contribution in [0.25, 0.3) is 0 Å². The van der Waals surface area contributed by atoms with Crippen LogP contribution in [-0.2, 0) is 17.2 Å². The molecule has 0 aromatic heterocycles. The molecule has 4 heteroatoms. The van der Waals surface area contributed by atoms with Crippen LogP contribution < -0.4 is 5.73 Å². The molecule has 3 atom stereocenters. The molecule has 0 amide bonds. The van der Waals surface area contributed by atoms with E-state index in [0.29, 0.717) is 5.02 Å². The summed E-state index contributed by atoms with van der Waals surface area (Å²) >= 11 is 5.85. The Kier molecular flexibility index (Phi) is 3.44. The molecule has 3 unspecified atom stereocenters. The molecule has 2 N–H and O–H groups in total. The maximum atomic E-state index is 12.6. The Morgan fingerprint density at radius 1 is 1.11 bits per heavy atom. The second kappa shape index (κ2) is 5.08. The molecule has 0 heterocycles. The van der Waals surface area contributed by atoms with Gasteiger partial charge in [0.25, 0.3) is 0 Å². The second-order valence-electron chi connectivity index (χ2n) is 4.72. The van der Waals surface area contributed by atoms with Gasteiger partial charge in [-0.15, -0.1) is 0 Å². The first-order valence-corrected chi connectivity index (χ1v) is 7.75. The van der Waals surface area contributed by atoms with Crippen molar-refractivity contribution in [2.75, 3.05) is 0 Å². The first kappa shape index (κ1) is 12.9. The van der Waals surface area contributed by atoms with Gasteiger partial charge in [-0.2, -0.15) is 0 Å². The van der Waals surface area contributed by atoms with E-state index in [1.54, 1.807) is 12.1 Å². The van der Waals surface area contributed by atoms with Crippen LogP contribution in [0.5, 0.6) is 0 Å². The molecule has 19 heavy (non-hydrogen) atoms. The Morgan fingerprint density at radius 2 is 1.79 bits per heavy atom. The molecule has 0 radical (unpaired) electrons. The van der Waals surface area contributed by atoms with Gasteiger partial charge in [0.05, 0.1) is 16.0 Å². The van der Waals surface area contributed by atoms with Crippen molar-refractivity contribution in [3.8, 4) is 0 Å². The highest BCUT2D eigenvalue weighted by Gasteiger charge is 2.34. The van der Waals surface area contributed by atoms with E-state index in [1.165, 1.54) is 5.56 Å². The topological polar surface area (TPSA) is 43.1 Å². The molecule has 98 valence electrons. The average molecular weight is 292 g/mol. The van der Waals surface area contributed by atoms with Gasteiger partial charge in [0, 0.05) is 16.0 Å². The van der Waals surface area contributed by atoms with Gasteiger partial charge < -0.3 is 5.73 Å². The maximum absolute atomic E-state index is 12.6. The van der Waals surface area contributed by atoms with Gasteiger partial charge in [-0.25, -0.2) is 0 Å². The minimum atomic E-state index is -1.11. The Hall–Kier alpha value is -1.16. The predicted octanol–water partition coefficient (Wildman–Crippen LogP) is 3.07. The standard InChI is InChI=1S/C15H14ClNOS/c16-11-5-7-12(8-6-11)19(18)14-9-10-3-1-2-4-13(10)15(14)17/h1-8,14-15H,9,17H2. The van der Waals surface area contributed by atoms with E-state index >= 15 is 0 Å². The summed E-state index contributed by atoms with van der Waals surface area (Å²) < 4.78 is 12.6. The second-order valence-corrected chi connectivity index (χ2v) is 6.83. The lowest BCUT2D eigenvalue weighted by molar-refractivity contribution is 0.646. The Balaban J connectivity index is 1.89. The number of halogens is 1. The zero-order valence-corrected chi connectivity index (χ0v) is 11.8. The Bertz CT molecular complexity index is 626. The van der Waals surface area contributed by atoms with Crippen LogP contribution in [0.4, 0.5) is 0 Å². The van der Waals surface area contributed by atoms with Crippen molar-refractivity contribution >= 4 is 22.4 Å². The average Bonchev–Trinajstić information content (AvgIpc) is 2.77. The zero-order valence-electron chi connectivity index (χ0n) is 10.3. The zero-order chi connectivity index (χ0) is 13.4. The number of hydrogen-bond donors (Lipinski definition) is 1. The minimum absolute atomic E-state index is 0.0569. The Morgan fingerprint density at radius 3 is 2.47 bits per heavy atom. The third kappa shape index (κ3) is 2.34. The van der Waals surface area contributed by atoms with Gasteiger partial charge in [0.15, 0.2) is 0 Å². The van der Waals surface area contributed by atoms with Crippen molar-refractivity contribution in [3.63, 3.8) is 0 Å². The fraction of sp³-hybridized carbons (Fsp3) is 0.200. The molecule has 0 bridgehead atoms. The maximum Gasteiger partial charge on any atom is 0.0627 e. The summed E-state index contributed by atoms with van der Waals surface area (Å²) in [5, 5.41) is 0.596. The number of nitrogens with two attached hydrogens (primary N) is 1. The number of benzene rings is 2. The molecule has 2 aromatic carbocycles. The molecule has 0 saturated heterocycles. The SMILES string of the molecule is NC1c2ccccc2CC1S(=O)c1ccc(Cl)cc1. The van der Waals surface area contributed by atoms with Crippen LogP contribution in [0.1, 0.15) is 17.2 Å². The van der Waals surface area contributed by atoms with Gasteiger partial charge in [-0.3, -0.25) is 4.21 Å². The number of rotatable bonds is 2. The molecule has 0 fully saturated rings. The fourth-order valence-electron chi connectivity index (χ4n) is 2.54. The van der Waals surface area contributed by atoms with Crippen molar-refractivity contribution in [3.05, 3.63) is 64.7 Å². The summed E-state index contributed by atoms with van der Waals surface area (Å²) in [5.41, 5.74) is 8.57. The van der Waals surface area contributed by atoms with E-state index in [1.807, 2.05) is 30.3 Å². The lowest BCUT2D eigenvalue weighted by Crippen LogP contribution is -2.26. The first-order chi connectivity index (χ1) is 9.16. The molecule has 0 aliphatic heterocycles. The smallest absolute Gasteiger partial charge is 0.0627 e. The molecule has 1 aliphatic rings. The lowest BCUT2D eigenvalue weighted by atomic mass is 10.1. The summed E-state index contributed by atoms with van der Waals surface area (Å²) in [6.07, 6.45) is 0.770. The summed E-state index contributed by atoms with van der Waals surface area (Å²) in [6.45, 7) is 0. The number of fused-ring (bicyclic) bond motifs is 1. The molecule has 3 rings (SSSR count). The van der Waals surface area contributed by atoms with Gasteiger partial charge in [-0.1, -0.05) is 35.9 Å². The van der Waals surface area contributed by atoms with Crippen molar-refractivity contribution in [2.45, 2.75) is 22.6 Å². The van der Waals surface area contributed by atoms with Crippen molar-refractivity contribution in [1.29, 1.82) is 0 Å². The van der Waals surface area contributed by atoms with Crippen LogP contribution >= 0.6 is 11.6 Å². The molecule has 2 aromatic rings. The Labute approximate surface area is 120 Å². The van der Waals surface area contributed by atoms with Crippen LogP contribution in [0.2, 0.25) is 5.02 Å². The van der Waals surface area contributed by atoms with E-state index < -0.39 is 10.8 Å². The largest absolute Gasteiger partial charge is 0.323 e. The third-order valence-electron chi connectivity index (χ3n) is 3.56. The van der Waals surface area contributed by atoms with Gasteiger partial charge in [0.2, 0.25) is 0 Å². The number of hydrogen-bond acceptors (Lipinski definition) is 2. The lowest BCUT2D eigenvalue weighted by Gasteiger charge is -2.15. The van der Waals surface area contributed by atoms with Gasteiger partial charge in [0.1, 0.15) is 0 Å². The monoisotopic (exact) mass is 291 g/mol. The highest BCUT2D eigenvalue weighted by atomic mass is 35.5. The molecular weight excluding hydrogens is 278 g/mol. The van der Waals surface area contributed by atoms with E-state index in [0.717, 1.165) is 16.9 Å². The highest BCUT2D eigenvalue weighted by Crippen LogP contribution is 2.34. The van der Waals surface area contributed by atoms with E-state index in [9.17, 15) is 4.21 Å². The normalized spacial score (nSPS) is 23.1. The quantitative estimate of drug-likeness (QED) is 0.924. The van der Waals surface area contributed by atoms with Crippen molar-refractivity contribution in [2.24, 2.45) is 5.73 Å². The van der Waals surface area contributed by atoms with Gasteiger partial charge >= 0.3 is 0 Å². The van der Waals surface area contributed by atoms with E-state index in [4.69, 9.17) is 17.3 Å². The molecule has 0 spiro atoms. The van der Waals surface area contributed by atoms with E-state index in [2.05, 4.69) is 6.07 Å². The van der Waals surface area contributed by atoms with Gasteiger partial charge in [-0.05, 0) is 41.8 Å². The summed E-state index contributed by atoms with van der Waals surface area (Å²) in [7, 11) is -1.11. The van der Waals surface area contributed by atoms with Crippen LogP contribution in [0, 0.1) is 0 Å². The van der Waals surface area contributed by atoms with Crippen molar-refractivity contribution < 1.29 is 4.21 Å².